The van der Waals surface area contributed by atoms with E-state index in [2.05, 4.69) is 15.9 Å². The maximum atomic E-state index is 13.4. The minimum Gasteiger partial charge on any atom is -0.380 e. The fraction of sp³-hybridized carbons (Fsp3) is 0.167. The van der Waals surface area contributed by atoms with Gasteiger partial charge in [0.25, 0.3) is 0 Å². The molecule has 0 fully saturated rings. The minimum absolute atomic E-state index is 0.221. The monoisotopic (exact) mass is 459 g/mol. The van der Waals surface area contributed by atoms with Crippen LogP contribution in [0.4, 0.5) is 13.2 Å². The number of alkyl halides is 3. The molecule has 0 amide bonds. The minimum atomic E-state index is -4.76. The van der Waals surface area contributed by atoms with E-state index >= 15 is 0 Å². The topological polar surface area (TPSA) is 67.2 Å². The quantitative estimate of drug-likeness (QED) is 0.266. The molecule has 4 nitrogen and oxygen atoms in total. The molecule has 0 unspecified atom stereocenters. The van der Waals surface area contributed by atoms with Gasteiger partial charge in [-0.1, -0.05) is 46.3 Å². The Morgan fingerprint density at radius 2 is 1.74 bits per heavy atom. The molecule has 0 aliphatic heterocycles. The van der Waals surface area contributed by atoms with Gasteiger partial charge >= 0.3 is 16.3 Å². The first-order chi connectivity index (χ1) is 12.6. The Kier molecular flexibility index (Phi) is 6.34. The first-order valence-corrected chi connectivity index (χ1v) is 9.95. The van der Waals surface area contributed by atoms with Crippen LogP contribution < -0.4 is 0 Å². The molecular formula is C18H13BrF3NO3S. The predicted octanol–water partition coefficient (Wildman–Crippen LogP) is 5.23. The first-order valence-electron chi connectivity index (χ1n) is 7.58. The number of benzene rings is 2. The second-order valence-corrected chi connectivity index (χ2v) is 8.07. The Morgan fingerprint density at radius 3 is 2.26 bits per heavy atom. The van der Waals surface area contributed by atoms with Crippen LogP contribution >= 0.6 is 15.9 Å². The van der Waals surface area contributed by atoms with Crippen molar-refractivity contribution in [2.45, 2.75) is 13.1 Å². The SMILES string of the molecule is CCS(=O)(=O)O/C(=C(\C#N)c1ccc(Br)cc1)c1ccccc1C(F)(F)F. The number of nitriles is 1. The van der Waals surface area contributed by atoms with Crippen LogP contribution in [0.5, 0.6) is 0 Å². The van der Waals surface area contributed by atoms with E-state index in [-0.39, 0.29) is 11.1 Å². The molecule has 0 aliphatic carbocycles. The highest BCUT2D eigenvalue weighted by molar-refractivity contribution is 9.10. The summed E-state index contributed by atoms with van der Waals surface area (Å²) in [6.45, 7) is 1.29. The Balaban J connectivity index is 2.84. The van der Waals surface area contributed by atoms with E-state index < -0.39 is 38.9 Å². The summed E-state index contributed by atoms with van der Waals surface area (Å²) in [5.41, 5.74) is -1.73. The molecule has 0 saturated carbocycles. The van der Waals surface area contributed by atoms with Crippen molar-refractivity contribution in [2.24, 2.45) is 0 Å². The average Bonchev–Trinajstić information content (AvgIpc) is 2.62. The van der Waals surface area contributed by atoms with Gasteiger partial charge < -0.3 is 4.18 Å². The van der Waals surface area contributed by atoms with Gasteiger partial charge in [0.15, 0.2) is 5.76 Å². The van der Waals surface area contributed by atoms with E-state index in [0.717, 1.165) is 12.1 Å². The zero-order valence-electron chi connectivity index (χ0n) is 13.9. The highest BCUT2D eigenvalue weighted by Crippen LogP contribution is 2.38. The van der Waals surface area contributed by atoms with Crippen LogP contribution in [0.25, 0.3) is 11.3 Å². The van der Waals surface area contributed by atoms with Gasteiger partial charge in [-0.3, -0.25) is 0 Å². The molecule has 27 heavy (non-hydrogen) atoms. The fourth-order valence-electron chi connectivity index (χ4n) is 2.20. The molecule has 2 rings (SSSR count). The third-order valence-electron chi connectivity index (χ3n) is 3.51. The molecule has 2 aromatic carbocycles. The highest BCUT2D eigenvalue weighted by atomic mass is 79.9. The van der Waals surface area contributed by atoms with E-state index in [1.54, 1.807) is 18.2 Å². The largest absolute Gasteiger partial charge is 0.417 e. The Labute approximate surface area is 163 Å². The molecule has 2 aromatic rings. The number of allylic oxidation sites excluding steroid dienone is 1. The van der Waals surface area contributed by atoms with Crippen LogP contribution in [0.15, 0.2) is 53.0 Å². The molecule has 0 spiro atoms. The van der Waals surface area contributed by atoms with Crippen molar-refractivity contribution >= 4 is 37.4 Å². The summed E-state index contributed by atoms with van der Waals surface area (Å²) in [5.74, 6) is -1.13. The molecule has 142 valence electrons. The summed E-state index contributed by atoms with van der Waals surface area (Å²) in [7, 11) is -4.19. The average molecular weight is 460 g/mol. The zero-order valence-corrected chi connectivity index (χ0v) is 16.3. The third kappa shape index (κ3) is 5.11. The van der Waals surface area contributed by atoms with Gasteiger partial charge in [-0.25, -0.2) is 0 Å². The van der Waals surface area contributed by atoms with Crippen LogP contribution in [0.1, 0.15) is 23.6 Å². The molecule has 0 heterocycles. The molecule has 9 heteroatoms. The summed E-state index contributed by atoms with van der Waals surface area (Å²) in [6, 6.07) is 12.2. The van der Waals surface area contributed by atoms with Crippen molar-refractivity contribution in [3.05, 3.63) is 69.7 Å². The van der Waals surface area contributed by atoms with Crippen molar-refractivity contribution in [3.63, 3.8) is 0 Å². The molecule has 0 aliphatic rings. The van der Waals surface area contributed by atoms with Gasteiger partial charge in [-0.2, -0.15) is 26.9 Å². The third-order valence-corrected chi connectivity index (χ3v) is 5.17. The molecule has 0 atom stereocenters. The first kappa shape index (κ1) is 21.0. The Bertz CT molecular complexity index is 1010. The van der Waals surface area contributed by atoms with Gasteiger partial charge in [-0.05, 0) is 30.7 Å². The molecule has 0 N–H and O–H groups in total. The van der Waals surface area contributed by atoms with Gasteiger partial charge in [0, 0.05) is 10.0 Å². The Morgan fingerprint density at radius 1 is 1.15 bits per heavy atom. The molecule has 0 aromatic heterocycles. The van der Waals surface area contributed by atoms with Crippen LogP contribution in [0.3, 0.4) is 0 Å². The number of hydrogen-bond acceptors (Lipinski definition) is 4. The Hall–Kier alpha value is -2.31. The summed E-state index contributed by atoms with van der Waals surface area (Å²) < 4.78 is 69.9. The van der Waals surface area contributed by atoms with Gasteiger partial charge in [0.05, 0.1) is 11.3 Å². The lowest BCUT2D eigenvalue weighted by atomic mass is 9.98. The van der Waals surface area contributed by atoms with E-state index in [4.69, 9.17) is 4.18 Å². The molecule has 0 bridgehead atoms. The second-order valence-electron chi connectivity index (χ2n) is 5.30. The van der Waals surface area contributed by atoms with Crippen LogP contribution in [-0.4, -0.2) is 14.2 Å². The summed E-state index contributed by atoms with van der Waals surface area (Å²) in [4.78, 5) is 0. The van der Waals surface area contributed by atoms with Gasteiger partial charge in [-0.15, -0.1) is 0 Å². The van der Waals surface area contributed by atoms with E-state index in [9.17, 15) is 26.9 Å². The lowest BCUT2D eigenvalue weighted by Gasteiger charge is -2.17. The number of nitrogens with zero attached hydrogens (tertiary/aromatic N) is 1. The summed E-state index contributed by atoms with van der Waals surface area (Å²) >= 11 is 3.22. The molecular weight excluding hydrogens is 447 g/mol. The van der Waals surface area contributed by atoms with Crippen LogP contribution in [0, 0.1) is 11.3 Å². The normalized spacial score (nSPS) is 12.9. The highest BCUT2D eigenvalue weighted by Gasteiger charge is 2.36. The molecule has 0 saturated heterocycles. The lowest BCUT2D eigenvalue weighted by molar-refractivity contribution is -0.137. The van der Waals surface area contributed by atoms with Crippen LogP contribution in [-0.2, 0) is 20.5 Å². The van der Waals surface area contributed by atoms with Crippen molar-refractivity contribution in [1.29, 1.82) is 5.26 Å². The predicted molar refractivity (Wildman–Crippen MR) is 98.6 cm³/mol. The number of rotatable bonds is 5. The smallest absolute Gasteiger partial charge is 0.380 e. The standard InChI is InChI=1S/C18H13BrF3NO3S/c1-2-27(24,25)26-17(14-5-3-4-6-16(14)18(20,21)22)15(11-23)12-7-9-13(19)10-8-12/h3-10H,2H2,1H3/b17-15+. The summed E-state index contributed by atoms with van der Waals surface area (Å²) in [6.07, 6.45) is -4.76. The van der Waals surface area contributed by atoms with E-state index in [0.29, 0.717) is 4.47 Å². The second kappa shape index (κ2) is 8.15. The fourth-order valence-corrected chi connectivity index (χ4v) is 3.01. The van der Waals surface area contributed by atoms with Gasteiger partial charge in [0.2, 0.25) is 0 Å². The molecule has 0 radical (unpaired) electrons. The number of halogens is 4. The van der Waals surface area contributed by atoms with E-state index in [1.165, 1.54) is 31.2 Å². The summed E-state index contributed by atoms with van der Waals surface area (Å²) in [5, 5.41) is 9.57. The van der Waals surface area contributed by atoms with E-state index in [1.807, 2.05) is 0 Å². The lowest BCUT2D eigenvalue weighted by Crippen LogP contribution is -2.14. The van der Waals surface area contributed by atoms with Crippen molar-refractivity contribution < 1.29 is 25.8 Å². The number of hydrogen-bond donors (Lipinski definition) is 0. The maximum absolute atomic E-state index is 13.4. The van der Waals surface area contributed by atoms with Crippen molar-refractivity contribution in [3.8, 4) is 6.07 Å². The zero-order chi connectivity index (χ0) is 20.2. The van der Waals surface area contributed by atoms with Crippen molar-refractivity contribution in [2.75, 3.05) is 5.75 Å². The van der Waals surface area contributed by atoms with Gasteiger partial charge in [0.1, 0.15) is 11.6 Å². The maximum Gasteiger partial charge on any atom is 0.417 e. The van der Waals surface area contributed by atoms with Crippen LogP contribution in [0.2, 0.25) is 0 Å². The van der Waals surface area contributed by atoms with Crippen molar-refractivity contribution in [1.82, 2.24) is 0 Å².